The number of nitro groups is 1. The number of carbonyl (C=O) groups excluding carboxylic acids is 1. The minimum absolute atomic E-state index is 0.0376. The van der Waals surface area contributed by atoms with E-state index in [1.54, 1.807) is 6.92 Å². The van der Waals surface area contributed by atoms with Gasteiger partial charge in [-0.25, -0.2) is 0 Å². The lowest BCUT2D eigenvalue weighted by molar-refractivity contribution is -0.385. The molecule has 1 aromatic rings. The summed E-state index contributed by atoms with van der Waals surface area (Å²) in [6, 6.07) is 2.70. The summed E-state index contributed by atoms with van der Waals surface area (Å²) in [5, 5.41) is 11.0. The number of hydrogen-bond donors (Lipinski definition) is 0. The molecule has 124 valence electrons. The van der Waals surface area contributed by atoms with Gasteiger partial charge in [0.15, 0.2) is 6.79 Å². The van der Waals surface area contributed by atoms with E-state index in [9.17, 15) is 14.9 Å². The van der Waals surface area contributed by atoms with Crippen LogP contribution in [0.5, 0.6) is 5.75 Å². The first kappa shape index (κ1) is 16.3. The highest BCUT2D eigenvalue weighted by Gasteiger charge is 2.69. The van der Waals surface area contributed by atoms with Crippen molar-refractivity contribution >= 4 is 34.9 Å². The third kappa shape index (κ3) is 2.84. The van der Waals surface area contributed by atoms with Crippen molar-refractivity contribution < 1.29 is 23.9 Å². The minimum atomic E-state index is -1.13. The molecule has 7 nitrogen and oxygen atoms in total. The van der Waals surface area contributed by atoms with Crippen molar-refractivity contribution in [1.82, 2.24) is 0 Å². The molecule has 0 radical (unpaired) electrons. The van der Waals surface area contributed by atoms with Crippen molar-refractivity contribution in [2.75, 3.05) is 6.79 Å². The Kier molecular flexibility index (Phi) is 3.90. The molecule has 0 bridgehead atoms. The summed E-state index contributed by atoms with van der Waals surface area (Å²) in [6.07, 6.45) is 0.305. The lowest BCUT2D eigenvalue weighted by Crippen LogP contribution is -2.21. The summed E-state index contributed by atoms with van der Waals surface area (Å²) < 4.78 is 14.6. The van der Waals surface area contributed by atoms with E-state index < -0.39 is 20.6 Å². The summed E-state index contributed by atoms with van der Waals surface area (Å²) in [6.45, 7) is 1.68. The van der Waals surface area contributed by atoms with Gasteiger partial charge in [0.25, 0.3) is 5.69 Å². The second-order valence-electron chi connectivity index (χ2n) is 5.75. The Morgan fingerprint density at radius 2 is 2.17 bits per heavy atom. The van der Waals surface area contributed by atoms with Gasteiger partial charge in [0.2, 0.25) is 0 Å². The average molecular weight is 362 g/mol. The summed E-state index contributed by atoms with van der Waals surface area (Å²) >= 11 is 11.9. The molecule has 1 saturated carbocycles. The second-order valence-corrected chi connectivity index (χ2v) is 7.23. The highest BCUT2D eigenvalue weighted by Crippen LogP contribution is 2.64. The van der Waals surface area contributed by atoms with E-state index >= 15 is 0 Å². The van der Waals surface area contributed by atoms with Gasteiger partial charge in [-0.15, -0.1) is 23.2 Å². The Morgan fingerprint density at radius 3 is 2.78 bits per heavy atom. The first-order valence-electron chi connectivity index (χ1n) is 6.80. The molecule has 9 heteroatoms. The van der Waals surface area contributed by atoms with E-state index in [1.165, 1.54) is 12.1 Å². The third-order valence-corrected chi connectivity index (χ3v) is 5.15. The fraction of sp³-hybridized carbons (Fsp3) is 0.500. The topological polar surface area (TPSA) is 87.9 Å². The number of ether oxygens (including phenoxy) is 3. The van der Waals surface area contributed by atoms with Crippen molar-refractivity contribution in [2.45, 2.75) is 30.9 Å². The Bertz CT molecular complexity index is 692. The maximum atomic E-state index is 12.1. The molecule has 1 aliphatic carbocycles. The predicted molar refractivity (Wildman–Crippen MR) is 80.3 cm³/mol. The Morgan fingerprint density at radius 1 is 1.48 bits per heavy atom. The molecule has 1 aliphatic heterocycles. The third-order valence-electron chi connectivity index (χ3n) is 4.05. The molecule has 2 aliphatic rings. The Hall–Kier alpha value is -1.57. The lowest BCUT2D eigenvalue weighted by Gasteiger charge is -2.21. The highest BCUT2D eigenvalue weighted by atomic mass is 35.5. The number of rotatable bonds is 4. The smallest absolute Gasteiger partial charge is 0.315 e. The number of hydrogen-bond acceptors (Lipinski definition) is 6. The molecule has 23 heavy (non-hydrogen) atoms. The van der Waals surface area contributed by atoms with Crippen molar-refractivity contribution in [1.29, 1.82) is 0 Å². The van der Waals surface area contributed by atoms with Gasteiger partial charge in [-0.2, -0.15) is 0 Å². The fourth-order valence-electron chi connectivity index (χ4n) is 2.42. The number of halogens is 2. The van der Waals surface area contributed by atoms with Crippen LogP contribution in [0.2, 0.25) is 0 Å². The zero-order chi connectivity index (χ0) is 16.8. The van der Waals surface area contributed by atoms with Gasteiger partial charge < -0.3 is 14.2 Å². The van der Waals surface area contributed by atoms with Gasteiger partial charge in [-0.1, -0.05) is 0 Å². The molecular weight excluding hydrogens is 349 g/mol. The average Bonchev–Trinajstić information content (AvgIpc) is 3.03. The van der Waals surface area contributed by atoms with Gasteiger partial charge in [0.05, 0.1) is 11.5 Å². The standard InChI is InChI=1S/C14H13Cl2NO6/c1-13(6-14(13,15)16)12(18)22-5-9-3-10(17(19)20)2-8-4-21-7-23-11(8)9/h2-3H,4-7H2,1H3. The molecule has 1 unspecified atom stereocenters. The molecule has 0 aromatic heterocycles. The van der Waals surface area contributed by atoms with Crippen molar-refractivity contribution in [3.63, 3.8) is 0 Å². The van der Waals surface area contributed by atoms with Crippen molar-refractivity contribution in [3.8, 4) is 5.75 Å². The first-order valence-corrected chi connectivity index (χ1v) is 7.56. The van der Waals surface area contributed by atoms with Gasteiger partial charge in [-0.3, -0.25) is 14.9 Å². The number of fused-ring (bicyclic) bond motifs is 1. The van der Waals surface area contributed by atoms with Crippen molar-refractivity contribution in [2.24, 2.45) is 5.41 Å². The SMILES string of the molecule is CC1(C(=O)OCc2cc([N+](=O)[O-])cc3c2OCOC3)CC1(Cl)Cl. The van der Waals surface area contributed by atoms with Crippen LogP contribution >= 0.6 is 23.2 Å². The summed E-state index contributed by atoms with van der Waals surface area (Å²) in [5.74, 6) is -0.103. The van der Waals surface area contributed by atoms with Gasteiger partial charge >= 0.3 is 5.97 Å². The fourth-order valence-corrected chi connectivity index (χ4v) is 3.11. The zero-order valence-corrected chi connectivity index (χ0v) is 13.6. The number of non-ortho nitro benzene ring substituents is 1. The molecule has 0 amide bonds. The van der Waals surface area contributed by atoms with Crippen LogP contribution in [-0.2, 0) is 27.5 Å². The van der Waals surface area contributed by atoms with Crippen LogP contribution in [0.4, 0.5) is 5.69 Å². The molecule has 0 saturated heterocycles. The molecule has 0 spiro atoms. The summed E-state index contributed by atoms with van der Waals surface area (Å²) in [4.78, 5) is 22.6. The van der Waals surface area contributed by atoms with Gasteiger partial charge in [0, 0.05) is 29.7 Å². The molecule has 3 rings (SSSR count). The lowest BCUT2D eigenvalue weighted by atomic mass is 10.1. The number of nitrogens with zero attached hydrogens (tertiary/aromatic N) is 1. The quantitative estimate of drug-likeness (QED) is 0.354. The molecule has 1 aromatic carbocycles. The van der Waals surface area contributed by atoms with Crippen LogP contribution < -0.4 is 4.74 Å². The van der Waals surface area contributed by atoms with E-state index in [0.717, 1.165) is 0 Å². The Labute approximate surface area is 141 Å². The van der Waals surface area contributed by atoms with Gasteiger partial charge in [0.1, 0.15) is 22.1 Å². The number of alkyl halides is 2. The van der Waals surface area contributed by atoms with E-state index in [-0.39, 0.29) is 25.7 Å². The van der Waals surface area contributed by atoms with Crippen LogP contribution in [0.15, 0.2) is 12.1 Å². The maximum Gasteiger partial charge on any atom is 0.315 e. The van der Waals surface area contributed by atoms with Crippen LogP contribution in [0, 0.1) is 15.5 Å². The maximum absolute atomic E-state index is 12.1. The summed E-state index contributed by atoms with van der Waals surface area (Å²) in [7, 11) is 0. The molecule has 1 atom stereocenters. The van der Waals surface area contributed by atoms with E-state index in [4.69, 9.17) is 37.4 Å². The minimum Gasteiger partial charge on any atom is -0.467 e. The highest BCUT2D eigenvalue weighted by molar-refractivity contribution is 6.53. The second kappa shape index (κ2) is 5.51. The van der Waals surface area contributed by atoms with E-state index in [0.29, 0.717) is 23.3 Å². The molecule has 0 N–H and O–H groups in total. The van der Waals surface area contributed by atoms with E-state index in [1.807, 2.05) is 0 Å². The zero-order valence-electron chi connectivity index (χ0n) is 12.1. The van der Waals surface area contributed by atoms with E-state index in [2.05, 4.69) is 0 Å². The normalized spacial score (nSPS) is 24.3. The Balaban J connectivity index is 1.81. The van der Waals surface area contributed by atoms with Crippen LogP contribution in [0.25, 0.3) is 0 Å². The molecular formula is C14H13Cl2NO6. The van der Waals surface area contributed by atoms with Gasteiger partial charge in [-0.05, 0) is 6.92 Å². The molecule has 1 fully saturated rings. The monoisotopic (exact) mass is 361 g/mol. The van der Waals surface area contributed by atoms with Crippen LogP contribution in [0.1, 0.15) is 24.5 Å². The van der Waals surface area contributed by atoms with Crippen LogP contribution in [0.3, 0.4) is 0 Å². The van der Waals surface area contributed by atoms with Crippen LogP contribution in [-0.4, -0.2) is 22.0 Å². The number of benzene rings is 1. The number of nitro benzene ring substituents is 1. The first-order chi connectivity index (χ1) is 10.7. The van der Waals surface area contributed by atoms with Crippen molar-refractivity contribution in [3.05, 3.63) is 33.4 Å². The predicted octanol–water partition coefficient (Wildman–Crippen LogP) is 3.09. The largest absolute Gasteiger partial charge is 0.467 e. The number of carbonyl (C=O) groups is 1. The number of esters is 1. The molecule has 1 heterocycles. The summed E-state index contributed by atoms with van der Waals surface area (Å²) in [5.41, 5.74) is -0.130.